The number of esters is 1. The first-order valence-electron chi connectivity index (χ1n) is 11.2. The van der Waals surface area contributed by atoms with Crippen molar-refractivity contribution in [2.75, 3.05) is 13.7 Å². The van der Waals surface area contributed by atoms with Gasteiger partial charge in [0.05, 0.1) is 20.0 Å². The largest absolute Gasteiger partial charge is 0.464 e. The molecule has 0 bridgehead atoms. The number of carbonyl (C=O) groups excluding carboxylic acids is 3. The number of ether oxygens (including phenoxy) is 1. The molecule has 1 saturated carbocycles. The number of hydrogen-bond donors (Lipinski definition) is 1. The average Bonchev–Trinajstić information content (AvgIpc) is 3.23. The van der Waals surface area contributed by atoms with E-state index in [9.17, 15) is 14.4 Å². The van der Waals surface area contributed by atoms with Crippen molar-refractivity contribution in [1.29, 1.82) is 0 Å². The molecule has 1 N–H and O–H groups in total. The van der Waals surface area contributed by atoms with Crippen molar-refractivity contribution >= 4 is 17.8 Å². The van der Waals surface area contributed by atoms with E-state index in [0.717, 1.165) is 31.2 Å². The summed E-state index contributed by atoms with van der Waals surface area (Å²) in [5, 5.41) is 3.19. The number of rotatable bonds is 6. The number of amides is 2. The van der Waals surface area contributed by atoms with Gasteiger partial charge in [-0.3, -0.25) is 9.59 Å². The van der Waals surface area contributed by atoms with Crippen LogP contribution in [0.1, 0.15) is 65.6 Å². The molecule has 1 aromatic carbocycles. The first-order chi connectivity index (χ1) is 15.4. The summed E-state index contributed by atoms with van der Waals surface area (Å²) in [6, 6.07) is 9.97. The van der Waals surface area contributed by atoms with Crippen LogP contribution in [-0.4, -0.2) is 57.5 Å². The number of nitrogens with one attached hydrogen (secondary N) is 1. The molecule has 32 heavy (non-hydrogen) atoms. The van der Waals surface area contributed by atoms with E-state index in [1.54, 1.807) is 16.4 Å². The van der Waals surface area contributed by atoms with E-state index < -0.39 is 11.5 Å². The van der Waals surface area contributed by atoms with E-state index in [2.05, 4.69) is 10.3 Å². The molecule has 1 atom stereocenters. The zero-order chi connectivity index (χ0) is 22.7. The Morgan fingerprint density at radius 3 is 2.59 bits per heavy atom. The lowest BCUT2D eigenvalue weighted by Crippen LogP contribution is -2.65. The lowest BCUT2D eigenvalue weighted by atomic mass is 9.91. The summed E-state index contributed by atoms with van der Waals surface area (Å²) in [5.74, 6) is -1.21. The minimum atomic E-state index is -1.09. The minimum absolute atomic E-state index is 0.0167. The quantitative estimate of drug-likeness (QED) is 0.700. The van der Waals surface area contributed by atoms with E-state index in [1.807, 2.05) is 30.3 Å². The third kappa shape index (κ3) is 4.13. The summed E-state index contributed by atoms with van der Waals surface area (Å²) in [6.07, 6.45) is 7.37. The first kappa shape index (κ1) is 22.0. The van der Waals surface area contributed by atoms with E-state index in [-0.39, 0.29) is 35.8 Å². The smallest absolute Gasteiger partial charge is 0.359 e. The lowest BCUT2D eigenvalue weighted by molar-refractivity contribution is -0.133. The average molecular weight is 439 g/mol. The fourth-order valence-electron chi connectivity index (χ4n) is 4.76. The van der Waals surface area contributed by atoms with Crippen molar-refractivity contribution in [2.45, 2.75) is 63.6 Å². The van der Waals surface area contributed by atoms with Crippen LogP contribution in [0.5, 0.6) is 0 Å². The Morgan fingerprint density at radius 1 is 1.19 bits per heavy atom. The standard InChI is InChI=1S/C24H30N4O4/c1-24(23(31)26-18-11-7-4-8-12-18)15-27-16-25-19(22(30)32-2)20(27)21(29)28(24)14-13-17-9-5-3-6-10-17/h3,5-6,9-10,16,18H,4,7-8,11-15H2,1-2H3,(H,26,31). The predicted molar refractivity (Wildman–Crippen MR) is 118 cm³/mol. The second kappa shape index (κ2) is 9.14. The zero-order valence-electron chi connectivity index (χ0n) is 18.7. The summed E-state index contributed by atoms with van der Waals surface area (Å²) in [4.78, 5) is 45.1. The molecular formula is C24H30N4O4. The van der Waals surface area contributed by atoms with Crippen molar-refractivity contribution in [3.63, 3.8) is 0 Å². The molecule has 4 rings (SSSR count). The number of methoxy groups -OCH3 is 1. The summed E-state index contributed by atoms with van der Waals surface area (Å²) < 4.78 is 6.41. The Bertz CT molecular complexity index is 997. The number of aromatic nitrogens is 2. The van der Waals surface area contributed by atoms with Gasteiger partial charge in [0, 0.05) is 12.6 Å². The molecule has 2 heterocycles. The van der Waals surface area contributed by atoms with Crippen LogP contribution in [0.3, 0.4) is 0 Å². The second-order valence-electron chi connectivity index (χ2n) is 8.84. The number of imidazole rings is 1. The van der Waals surface area contributed by atoms with Crippen molar-refractivity contribution in [2.24, 2.45) is 0 Å². The molecule has 0 spiro atoms. The molecular weight excluding hydrogens is 408 g/mol. The highest BCUT2D eigenvalue weighted by molar-refractivity contribution is 6.06. The summed E-state index contributed by atoms with van der Waals surface area (Å²) in [6.45, 7) is 2.38. The van der Waals surface area contributed by atoms with Gasteiger partial charge in [-0.05, 0) is 31.7 Å². The highest BCUT2D eigenvalue weighted by Gasteiger charge is 2.49. The van der Waals surface area contributed by atoms with Gasteiger partial charge in [-0.15, -0.1) is 0 Å². The number of carbonyl (C=O) groups is 3. The Kier molecular flexibility index (Phi) is 6.30. The molecule has 1 unspecified atom stereocenters. The van der Waals surface area contributed by atoms with E-state index in [1.165, 1.54) is 19.9 Å². The minimum Gasteiger partial charge on any atom is -0.464 e. The zero-order valence-corrected chi connectivity index (χ0v) is 18.7. The molecule has 2 amide bonds. The second-order valence-corrected chi connectivity index (χ2v) is 8.84. The summed E-state index contributed by atoms with van der Waals surface area (Å²) in [7, 11) is 1.26. The van der Waals surface area contributed by atoms with Crippen LogP contribution in [0.2, 0.25) is 0 Å². The van der Waals surface area contributed by atoms with Crippen molar-refractivity contribution in [1.82, 2.24) is 19.8 Å². The van der Waals surface area contributed by atoms with Crippen LogP contribution in [0, 0.1) is 0 Å². The Balaban J connectivity index is 1.65. The van der Waals surface area contributed by atoms with Gasteiger partial charge in [0.15, 0.2) is 5.69 Å². The topological polar surface area (TPSA) is 93.5 Å². The number of nitrogens with zero attached hydrogens (tertiary/aromatic N) is 3. The molecule has 1 aliphatic heterocycles. The summed E-state index contributed by atoms with van der Waals surface area (Å²) >= 11 is 0. The monoisotopic (exact) mass is 438 g/mol. The van der Waals surface area contributed by atoms with Crippen LogP contribution in [0.15, 0.2) is 36.7 Å². The highest BCUT2D eigenvalue weighted by atomic mass is 16.5. The van der Waals surface area contributed by atoms with E-state index in [0.29, 0.717) is 13.0 Å². The van der Waals surface area contributed by atoms with Crippen LogP contribution < -0.4 is 5.32 Å². The molecule has 8 heteroatoms. The molecule has 1 fully saturated rings. The number of hydrogen-bond acceptors (Lipinski definition) is 5. The fourth-order valence-corrected chi connectivity index (χ4v) is 4.76. The Morgan fingerprint density at radius 2 is 1.91 bits per heavy atom. The van der Waals surface area contributed by atoms with Crippen LogP contribution in [0.4, 0.5) is 0 Å². The maximum atomic E-state index is 13.6. The van der Waals surface area contributed by atoms with Gasteiger partial charge in [-0.25, -0.2) is 9.78 Å². The van der Waals surface area contributed by atoms with Gasteiger partial charge in [0.1, 0.15) is 11.2 Å². The molecule has 8 nitrogen and oxygen atoms in total. The Labute approximate surface area is 187 Å². The van der Waals surface area contributed by atoms with Gasteiger partial charge in [-0.1, -0.05) is 49.6 Å². The molecule has 1 aliphatic carbocycles. The van der Waals surface area contributed by atoms with Gasteiger partial charge >= 0.3 is 5.97 Å². The number of fused-ring (bicyclic) bond motifs is 1. The first-order valence-corrected chi connectivity index (χ1v) is 11.2. The van der Waals surface area contributed by atoms with E-state index >= 15 is 0 Å². The third-order valence-corrected chi connectivity index (χ3v) is 6.63. The molecule has 170 valence electrons. The molecule has 2 aliphatic rings. The number of benzene rings is 1. The normalized spacial score (nSPS) is 21.2. The van der Waals surface area contributed by atoms with Gasteiger partial charge in [-0.2, -0.15) is 0 Å². The maximum absolute atomic E-state index is 13.6. The van der Waals surface area contributed by atoms with Crippen LogP contribution >= 0.6 is 0 Å². The van der Waals surface area contributed by atoms with Gasteiger partial charge in [0.25, 0.3) is 5.91 Å². The maximum Gasteiger partial charge on any atom is 0.359 e. The van der Waals surface area contributed by atoms with Crippen molar-refractivity contribution in [3.8, 4) is 0 Å². The third-order valence-electron chi connectivity index (χ3n) is 6.63. The highest BCUT2D eigenvalue weighted by Crippen LogP contribution is 2.30. The van der Waals surface area contributed by atoms with Crippen molar-refractivity contribution in [3.05, 3.63) is 53.6 Å². The van der Waals surface area contributed by atoms with E-state index in [4.69, 9.17) is 4.74 Å². The fraction of sp³-hybridized carbons (Fsp3) is 0.500. The molecule has 2 aromatic rings. The predicted octanol–water partition coefficient (Wildman–Crippen LogP) is 2.58. The summed E-state index contributed by atoms with van der Waals surface area (Å²) in [5.41, 5.74) is 0.136. The lowest BCUT2D eigenvalue weighted by Gasteiger charge is -2.44. The SMILES string of the molecule is COC(=O)c1ncn2c1C(=O)N(CCc1ccccc1)C(C)(C(=O)NC1CCCCC1)C2. The molecule has 0 radical (unpaired) electrons. The van der Waals surface area contributed by atoms with Crippen LogP contribution in [0.25, 0.3) is 0 Å². The molecule has 1 aromatic heterocycles. The van der Waals surface area contributed by atoms with Crippen LogP contribution in [-0.2, 0) is 22.5 Å². The van der Waals surface area contributed by atoms with Gasteiger partial charge < -0.3 is 19.5 Å². The van der Waals surface area contributed by atoms with Crippen molar-refractivity contribution < 1.29 is 19.1 Å². The van der Waals surface area contributed by atoms with Gasteiger partial charge in [0.2, 0.25) is 5.91 Å². The molecule has 0 saturated heterocycles. The Hall–Kier alpha value is -3.16.